The van der Waals surface area contributed by atoms with Gasteiger partial charge in [-0.1, -0.05) is 0 Å². The number of rotatable bonds is 2. The van der Waals surface area contributed by atoms with Crippen LogP contribution in [0.2, 0.25) is 0 Å². The van der Waals surface area contributed by atoms with Crippen LogP contribution in [-0.4, -0.2) is 0 Å². The molecule has 0 unspecified atom stereocenters. The predicted molar refractivity (Wildman–Crippen MR) is 61.4 cm³/mol. The molecule has 21 heavy (non-hydrogen) atoms. The van der Waals surface area contributed by atoms with Crippen molar-refractivity contribution in [3.63, 3.8) is 0 Å². The maximum atomic E-state index is 13.5. The summed E-state index contributed by atoms with van der Waals surface area (Å²) in [5, 5.41) is -4.33. The molecule has 0 heterocycles. The lowest BCUT2D eigenvalue weighted by atomic mass is 10.0. The number of halogens is 8. The minimum Gasteiger partial charge on any atom is -0.207 e. The fraction of sp³-hybridized carbons (Fsp3) is 0.0769. The van der Waals surface area contributed by atoms with Crippen LogP contribution >= 0.6 is 11.6 Å². The maximum Gasteiger partial charge on any atom is 0.353 e. The van der Waals surface area contributed by atoms with Gasteiger partial charge in [0.25, 0.3) is 0 Å². The highest BCUT2D eigenvalue weighted by Crippen LogP contribution is 2.38. The Morgan fingerprint density at radius 3 is 1.52 bits per heavy atom. The van der Waals surface area contributed by atoms with Gasteiger partial charge in [0.15, 0.2) is 0 Å². The minimum absolute atomic E-state index is 0.286. The largest absolute Gasteiger partial charge is 0.353 e. The van der Waals surface area contributed by atoms with E-state index in [0.29, 0.717) is 0 Å². The van der Waals surface area contributed by atoms with Crippen LogP contribution in [0.3, 0.4) is 0 Å². The van der Waals surface area contributed by atoms with Crippen molar-refractivity contribution < 1.29 is 30.7 Å². The van der Waals surface area contributed by atoms with Crippen LogP contribution in [0.4, 0.5) is 30.7 Å². The van der Waals surface area contributed by atoms with Crippen molar-refractivity contribution in [2.45, 2.75) is 5.38 Å². The molecule has 0 spiro atoms. The molecule has 0 aliphatic heterocycles. The third-order valence-electron chi connectivity index (χ3n) is 2.62. The van der Waals surface area contributed by atoms with Crippen molar-refractivity contribution in [3.05, 3.63) is 58.9 Å². The summed E-state index contributed by atoms with van der Waals surface area (Å²) in [6.45, 7) is 0. The zero-order valence-corrected chi connectivity index (χ0v) is 10.6. The third kappa shape index (κ3) is 2.97. The van der Waals surface area contributed by atoms with Gasteiger partial charge in [-0.05, 0) is 29.3 Å². The Balaban J connectivity index is 2.69. The SMILES string of the molecule is Fc1cc(F)c(-c2cc(F)c(C(F)(F)Cl)c(F)c2)c(F)c1. The van der Waals surface area contributed by atoms with Crippen molar-refractivity contribution in [2.24, 2.45) is 0 Å². The van der Waals surface area contributed by atoms with Crippen LogP contribution in [0.15, 0.2) is 24.3 Å². The summed E-state index contributed by atoms with van der Waals surface area (Å²) in [5.41, 5.74) is -3.39. The summed E-state index contributed by atoms with van der Waals surface area (Å²) < 4.78 is 92.4. The van der Waals surface area contributed by atoms with Crippen LogP contribution in [-0.2, 0) is 5.38 Å². The molecule has 0 fully saturated rings. The summed E-state index contributed by atoms with van der Waals surface area (Å²) in [7, 11) is 0. The Morgan fingerprint density at radius 1 is 0.714 bits per heavy atom. The average molecular weight is 329 g/mol. The predicted octanol–water partition coefficient (Wildman–Crippen LogP) is 5.34. The fourth-order valence-corrected chi connectivity index (χ4v) is 1.99. The van der Waals surface area contributed by atoms with Gasteiger partial charge in [-0.15, -0.1) is 0 Å². The Morgan fingerprint density at radius 2 is 1.14 bits per heavy atom. The van der Waals surface area contributed by atoms with Crippen LogP contribution in [0, 0.1) is 29.1 Å². The van der Waals surface area contributed by atoms with E-state index in [0.717, 1.165) is 0 Å². The van der Waals surface area contributed by atoms with Crippen molar-refractivity contribution in [1.29, 1.82) is 0 Å². The molecule has 2 aromatic rings. The van der Waals surface area contributed by atoms with Gasteiger partial charge in [-0.25, -0.2) is 22.0 Å². The van der Waals surface area contributed by atoms with E-state index in [1.165, 1.54) is 0 Å². The monoisotopic (exact) mass is 328 g/mol. The molecular formula is C13H4ClF7. The number of alkyl halides is 3. The first-order chi connectivity index (χ1) is 9.61. The average Bonchev–Trinajstić information content (AvgIpc) is 2.23. The topological polar surface area (TPSA) is 0 Å². The molecular weight excluding hydrogens is 325 g/mol. The highest BCUT2D eigenvalue weighted by molar-refractivity contribution is 6.21. The lowest BCUT2D eigenvalue weighted by Crippen LogP contribution is -2.10. The third-order valence-corrected chi connectivity index (χ3v) is 2.81. The van der Waals surface area contributed by atoms with Crippen LogP contribution in [0.1, 0.15) is 5.56 Å². The lowest BCUT2D eigenvalue weighted by Gasteiger charge is -2.13. The Kier molecular flexibility index (Phi) is 3.88. The standard InChI is InChI=1S/C13H4ClF7/c14-13(20,21)12-9(18)1-5(2-10(12)19)11-7(16)3-6(15)4-8(11)17/h1-4H. The van der Waals surface area contributed by atoms with Gasteiger partial charge in [0.05, 0.1) is 5.56 Å². The van der Waals surface area contributed by atoms with E-state index in [1.807, 2.05) is 0 Å². The van der Waals surface area contributed by atoms with Crippen molar-refractivity contribution in [2.75, 3.05) is 0 Å². The summed E-state index contributed by atoms with van der Waals surface area (Å²) in [5.74, 6) is -7.67. The molecule has 0 N–H and O–H groups in total. The molecule has 0 bridgehead atoms. The van der Waals surface area contributed by atoms with E-state index in [-0.39, 0.29) is 24.3 Å². The Hall–Kier alpha value is -1.76. The van der Waals surface area contributed by atoms with Gasteiger partial charge in [-0.3, -0.25) is 0 Å². The minimum atomic E-state index is -4.33. The van der Waals surface area contributed by atoms with Crippen molar-refractivity contribution in [3.8, 4) is 11.1 Å². The first-order valence-electron chi connectivity index (χ1n) is 5.32. The van der Waals surface area contributed by atoms with E-state index in [9.17, 15) is 30.7 Å². The Bertz CT molecular complexity index is 660. The first-order valence-corrected chi connectivity index (χ1v) is 5.70. The molecule has 2 aromatic carbocycles. The zero-order valence-electron chi connectivity index (χ0n) is 9.83. The van der Waals surface area contributed by atoms with Gasteiger partial charge in [0.1, 0.15) is 34.6 Å². The zero-order chi connectivity index (χ0) is 15.9. The second-order valence-corrected chi connectivity index (χ2v) is 4.53. The molecule has 112 valence electrons. The fourth-order valence-electron chi connectivity index (χ4n) is 1.81. The second-order valence-electron chi connectivity index (χ2n) is 4.06. The van der Waals surface area contributed by atoms with Crippen molar-refractivity contribution >= 4 is 11.6 Å². The van der Waals surface area contributed by atoms with Gasteiger partial charge in [0, 0.05) is 12.1 Å². The summed E-state index contributed by atoms with van der Waals surface area (Å²) in [6, 6.07) is 1.15. The van der Waals surface area contributed by atoms with Crippen LogP contribution in [0.25, 0.3) is 11.1 Å². The summed E-state index contributed by atoms with van der Waals surface area (Å²) in [4.78, 5) is 0. The van der Waals surface area contributed by atoms with Gasteiger partial charge < -0.3 is 0 Å². The van der Waals surface area contributed by atoms with E-state index in [4.69, 9.17) is 0 Å². The second kappa shape index (κ2) is 5.22. The lowest BCUT2D eigenvalue weighted by molar-refractivity contribution is 0.0859. The molecule has 8 heteroatoms. The maximum absolute atomic E-state index is 13.5. The molecule has 0 saturated heterocycles. The van der Waals surface area contributed by atoms with Crippen molar-refractivity contribution in [1.82, 2.24) is 0 Å². The molecule has 0 saturated carbocycles. The molecule has 0 atom stereocenters. The molecule has 2 rings (SSSR count). The normalized spacial score (nSPS) is 11.8. The van der Waals surface area contributed by atoms with E-state index in [2.05, 4.69) is 11.6 Å². The highest BCUT2D eigenvalue weighted by Gasteiger charge is 2.36. The smallest absolute Gasteiger partial charge is 0.207 e. The number of hydrogen-bond donors (Lipinski definition) is 0. The molecule has 0 amide bonds. The van der Waals surface area contributed by atoms with Gasteiger partial charge >= 0.3 is 5.38 Å². The van der Waals surface area contributed by atoms with E-state index in [1.54, 1.807) is 0 Å². The molecule has 0 aliphatic rings. The molecule has 0 radical (unpaired) electrons. The van der Waals surface area contributed by atoms with Gasteiger partial charge in [-0.2, -0.15) is 8.78 Å². The first kappa shape index (κ1) is 15.6. The van der Waals surface area contributed by atoms with E-state index >= 15 is 0 Å². The molecule has 0 nitrogen and oxygen atoms in total. The molecule has 0 aromatic heterocycles. The summed E-state index contributed by atoms with van der Waals surface area (Å²) in [6.07, 6.45) is 0. The number of benzene rings is 2. The Labute approximate surface area is 118 Å². The van der Waals surface area contributed by atoms with Crippen LogP contribution in [0.5, 0.6) is 0 Å². The number of hydrogen-bond acceptors (Lipinski definition) is 0. The highest BCUT2D eigenvalue weighted by atomic mass is 35.5. The van der Waals surface area contributed by atoms with Crippen LogP contribution < -0.4 is 0 Å². The summed E-state index contributed by atoms with van der Waals surface area (Å²) >= 11 is 4.54. The molecule has 0 aliphatic carbocycles. The quantitative estimate of drug-likeness (QED) is 0.516. The van der Waals surface area contributed by atoms with Gasteiger partial charge in [0.2, 0.25) is 0 Å². The van der Waals surface area contributed by atoms with E-state index < -0.39 is 51.2 Å².